The molecular formula is C19H14N4O. The van der Waals surface area contributed by atoms with Crippen molar-refractivity contribution in [3.63, 3.8) is 0 Å². The maximum atomic E-state index is 12.1. The first kappa shape index (κ1) is 14.1. The largest absolute Gasteiger partial charge is 0.273 e. The van der Waals surface area contributed by atoms with Crippen molar-refractivity contribution in [2.45, 2.75) is 0 Å². The molecule has 116 valence electrons. The van der Waals surface area contributed by atoms with Gasteiger partial charge in [0.25, 0.3) is 5.56 Å². The van der Waals surface area contributed by atoms with E-state index in [1.54, 1.807) is 0 Å². The normalized spacial score (nSPS) is 11.3. The highest BCUT2D eigenvalue weighted by atomic mass is 16.1. The van der Waals surface area contributed by atoms with Crippen molar-refractivity contribution in [1.82, 2.24) is 9.78 Å². The minimum atomic E-state index is -0.173. The third-order valence-electron chi connectivity index (χ3n) is 3.75. The first-order chi connectivity index (χ1) is 11.8. The Labute approximate surface area is 137 Å². The van der Waals surface area contributed by atoms with Crippen molar-refractivity contribution in [2.75, 3.05) is 0 Å². The summed E-state index contributed by atoms with van der Waals surface area (Å²) < 4.78 is 1.44. The summed E-state index contributed by atoms with van der Waals surface area (Å²) in [5, 5.41) is 13.6. The number of hydrogen-bond donors (Lipinski definition) is 1. The van der Waals surface area contributed by atoms with Crippen LogP contribution in [0.1, 0.15) is 0 Å². The Morgan fingerprint density at radius 3 is 2.42 bits per heavy atom. The Morgan fingerprint density at radius 1 is 0.792 bits per heavy atom. The molecule has 0 spiro atoms. The van der Waals surface area contributed by atoms with Crippen LogP contribution in [-0.2, 0) is 0 Å². The minimum absolute atomic E-state index is 0.173. The van der Waals surface area contributed by atoms with E-state index in [-0.39, 0.29) is 5.56 Å². The van der Waals surface area contributed by atoms with Gasteiger partial charge in [0, 0.05) is 5.39 Å². The predicted molar refractivity (Wildman–Crippen MR) is 94.5 cm³/mol. The monoisotopic (exact) mass is 314 g/mol. The SMILES string of the molecule is O=c1cc(N=Nc2cccc3ccccc23)[nH]n1-c1ccccc1. The Balaban J connectivity index is 1.71. The van der Waals surface area contributed by atoms with Gasteiger partial charge in [0.2, 0.25) is 0 Å². The number of aromatic nitrogens is 2. The van der Waals surface area contributed by atoms with Crippen LogP contribution in [-0.4, -0.2) is 9.78 Å². The van der Waals surface area contributed by atoms with E-state index in [2.05, 4.69) is 15.3 Å². The Morgan fingerprint density at radius 2 is 1.54 bits per heavy atom. The van der Waals surface area contributed by atoms with Crippen molar-refractivity contribution in [3.05, 3.63) is 89.2 Å². The Hall–Kier alpha value is -3.47. The van der Waals surface area contributed by atoms with Crippen LogP contribution in [0.2, 0.25) is 0 Å². The molecule has 0 radical (unpaired) electrons. The van der Waals surface area contributed by atoms with E-state index in [4.69, 9.17) is 0 Å². The fraction of sp³-hybridized carbons (Fsp3) is 0. The third kappa shape index (κ3) is 2.63. The smallest absolute Gasteiger partial charge is 0.273 e. The summed E-state index contributed by atoms with van der Waals surface area (Å²) in [6.07, 6.45) is 0. The number of rotatable bonds is 3. The second kappa shape index (κ2) is 5.96. The minimum Gasteiger partial charge on any atom is -0.273 e. The second-order valence-corrected chi connectivity index (χ2v) is 5.35. The summed E-state index contributed by atoms with van der Waals surface area (Å²) in [6.45, 7) is 0. The summed E-state index contributed by atoms with van der Waals surface area (Å²) in [4.78, 5) is 12.1. The standard InChI is InChI=1S/C19H14N4O/c24-19-13-18(22-23(19)15-9-2-1-3-10-15)21-20-17-12-6-8-14-7-4-5-11-16(14)17/h1-13,22H. The summed E-state index contributed by atoms with van der Waals surface area (Å²) in [7, 11) is 0. The zero-order valence-electron chi connectivity index (χ0n) is 12.8. The molecule has 0 amide bonds. The number of hydrogen-bond acceptors (Lipinski definition) is 3. The van der Waals surface area contributed by atoms with E-state index in [0.29, 0.717) is 5.82 Å². The zero-order valence-corrected chi connectivity index (χ0v) is 12.8. The highest BCUT2D eigenvalue weighted by molar-refractivity contribution is 5.92. The molecule has 1 heterocycles. The molecule has 5 heteroatoms. The van der Waals surface area contributed by atoms with Gasteiger partial charge in [-0.2, -0.15) is 0 Å². The van der Waals surface area contributed by atoms with Crippen LogP contribution >= 0.6 is 0 Å². The van der Waals surface area contributed by atoms with Gasteiger partial charge in [-0.1, -0.05) is 54.6 Å². The van der Waals surface area contributed by atoms with Crippen molar-refractivity contribution in [1.29, 1.82) is 0 Å². The first-order valence-electron chi connectivity index (χ1n) is 7.58. The van der Waals surface area contributed by atoms with Gasteiger partial charge >= 0.3 is 0 Å². The molecule has 0 aliphatic carbocycles. The van der Waals surface area contributed by atoms with Gasteiger partial charge in [-0.05, 0) is 23.6 Å². The predicted octanol–water partition coefficient (Wildman–Crippen LogP) is 4.73. The van der Waals surface area contributed by atoms with Crippen LogP contribution in [0.25, 0.3) is 16.5 Å². The summed E-state index contributed by atoms with van der Waals surface area (Å²) in [5.74, 6) is 0.414. The number of para-hydroxylation sites is 1. The number of azo groups is 1. The molecule has 0 fully saturated rings. The van der Waals surface area contributed by atoms with Gasteiger partial charge in [-0.15, -0.1) is 10.2 Å². The second-order valence-electron chi connectivity index (χ2n) is 5.35. The first-order valence-corrected chi connectivity index (χ1v) is 7.58. The van der Waals surface area contributed by atoms with Gasteiger partial charge in [0.05, 0.1) is 17.4 Å². The van der Waals surface area contributed by atoms with Crippen LogP contribution in [0.15, 0.2) is 93.9 Å². The lowest BCUT2D eigenvalue weighted by atomic mass is 10.1. The Kier molecular flexibility index (Phi) is 3.51. The van der Waals surface area contributed by atoms with Crippen LogP contribution in [0.4, 0.5) is 11.5 Å². The van der Waals surface area contributed by atoms with Gasteiger partial charge in [-0.3, -0.25) is 9.89 Å². The van der Waals surface area contributed by atoms with E-state index < -0.39 is 0 Å². The molecule has 3 aromatic carbocycles. The molecule has 24 heavy (non-hydrogen) atoms. The van der Waals surface area contributed by atoms with Crippen LogP contribution in [0.3, 0.4) is 0 Å². The van der Waals surface area contributed by atoms with Crippen LogP contribution < -0.4 is 5.56 Å². The van der Waals surface area contributed by atoms with Gasteiger partial charge in [0.1, 0.15) is 0 Å². The molecular weight excluding hydrogens is 300 g/mol. The van der Waals surface area contributed by atoms with Crippen molar-refractivity contribution in [3.8, 4) is 5.69 Å². The zero-order chi connectivity index (χ0) is 16.4. The molecule has 5 nitrogen and oxygen atoms in total. The summed E-state index contributed by atoms with van der Waals surface area (Å²) >= 11 is 0. The highest BCUT2D eigenvalue weighted by Gasteiger charge is 2.04. The molecule has 4 aromatic rings. The van der Waals surface area contributed by atoms with E-state index >= 15 is 0 Å². The maximum absolute atomic E-state index is 12.1. The van der Waals surface area contributed by atoms with Gasteiger partial charge < -0.3 is 0 Å². The molecule has 0 aliphatic heterocycles. The van der Waals surface area contributed by atoms with Crippen molar-refractivity contribution in [2.24, 2.45) is 10.2 Å². The average Bonchev–Trinajstić information content (AvgIpc) is 3.01. The molecule has 0 bridgehead atoms. The van der Waals surface area contributed by atoms with Crippen molar-refractivity contribution >= 4 is 22.3 Å². The maximum Gasteiger partial charge on any atom is 0.273 e. The lowest BCUT2D eigenvalue weighted by molar-refractivity contribution is 0.846. The molecule has 0 saturated carbocycles. The number of nitrogens with one attached hydrogen (secondary N) is 1. The van der Waals surface area contributed by atoms with Crippen LogP contribution in [0.5, 0.6) is 0 Å². The summed E-state index contributed by atoms with van der Waals surface area (Å²) in [5.41, 5.74) is 1.35. The fourth-order valence-corrected chi connectivity index (χ4v) is 2.61. The average molecular weight is 314 g/mol. The number of nitrogens with zero attached hydrogens (tertiary/aromatic N) is 3. The molecule has 4 rings (SSSR count). The molecule has 1 aromatic heterocycles. The quantitative estimate of drug-likeness (QED) is 0.546. The van der Waals surface area contributed by atoms with Gasteiger partial charge in [-0.25, -0.2) is 4.68 Å². The molecule has 1 N–H and O–H groups in total. The van der Waals surface area contributed by atoms with Crippen molar-refractivity contribution < 1.29 is 0 Å². The topological polar surface area (TPSA) is 62.5 Å². The molecule has 0 saturated heterocycles. The van der Waals surface area contributed by atoms with E-state index in [0.717, 1.165) is 22.1 Å². The summed E-state index contributed by atoms with van der Waals surface area (Å²) in [6, 6.07) is 24.6. The number of H-pyrrole nitrogens is 1. The lowest BCUT2D eigenvalue weighted by Gasteiger charge is -2.00. The number of benzene rings is 3. The number of fused-ring (bicyclic) bond motifs is 1. The van der Waals surface area contributed by atoms with Crippen LogP contribution in [0, 0.1) is 0 Å². The molecule has 0 unspecified atom stereocenters. The molecule has 0 atom stereocenters. The van der Waals surface area contributed by atoms with E-state index in [9.17, 15) is 4.79 Å². The van der Waals surface area contributed by atoms with E-state index in [1.807, 2.05) is 72.8 Å². The van der Waals surface area contributed by atoms with Gasteiger partial charge in [0.15, 0.2) is 5.82 Å². The third-order valence-corrected chi connectivity index (χ3v) is 3.75. The lowest BCUT2D eigenvalue weighted by Crippen LogP contribution is -2.12. The Bertz CT molecular complexity index is 1070. The number of aromatic amines is 1. The highest BCUT2D eigenvalue weighted by Crippen LogP contribution is 2.26. The fourth-order valence-electron chi connectivity index (χ4n) is 2.61. The van der Waals surface area contributed by atoms with E-state index in [1.165, 1.54) is 10.7 Å². The molecule has 0 aliphatic rings.